The van der Waals surface area contributed by atoms with Crippen LogP contribution in [0.4, 0.5) is 5.69 Å². The average Bonchev–Trinajstić information content (AvgIpc) is 2.82. The summed E-state index contributed by atoms with van der Waals surface area (Å²) in [6.07, 6.45) is 0. The molecule has 0 spiro atoms. The van der Waals surface area contributed by atoms with E-state index in [-0.39, 0.29) is 18.6 Å². The third-order valence-electron chi connectivity index (χ3n) is 5.57. The third kappa shape index (κ3) is 3.71. The van der Waals surface area contributed by atoms with Gasteiger partial charge >= 0.3 is 5.63 Å². The van der Waals surface area contributed by atoms with Gasteiger partial charge in [0.25, 0.3) is 5.91 Å². The molecule has 160 valence electrons. The van der Waals surface area contributed by atoms with Crippen LogP contribution in [0.15, 0.2) is 88.1 Å². The number of benzene rings is 3. The zero-order chi connectivity index (χ0) is 22.1. The van der Waals surface area contributed by atoms with Crippen LogP contribution < -0.4 is 20.0 Å². The van der Waals surface area contributed by atoms with Crippen LogP contribution in [-0.2, 0) is 4.79 Å². The predicted molar refractivity (Wildman–Crippen MR) is 121 cm³/mol. The van der Waals surface area contributed by atoms with Gasteiger partial charge in [-0.1, -0.05) is 42.5 Å². The van der Waals surface area contributed by atoms with E-state index in [1.807, 2.05) is 67.6 Å². The van der Waals surface area contributed by atoms with Crippen molar-refractivity contribution in [2.75, 3.05) is 18.1 Å². The van der Waals surface area contributed by atoms with Crippen molar-refractivity contribution in [1.29, 1.82) is 0 Å². The van der Waals surface area contributed by atoms with Crippen molar-refractivity contribution < 1.29 is 18.7 Å². The van der Waals surface area contributed by atoms with E-state index in [9.17, 15) is 9.59 Å². The van der Waals surface area contributed by atoms with Gasteiger partial charge in [0.2, 0.25) is 0 Å². The number of hydrogen-bond acceptors (Lipinski definition) is 5. The fraction of sp³-hybridized carbons (Fsp3) is 0.154. The van der Waals surface area contributed by atoms with Crippen molar-refractivity contribution in [2.24, 2.45) is 0 Å². The van der Waals surface area contributed by atoms with E-state index >= 15 is 0 Å². The molecule has 0 N–H and O–H groups in total. The topological polar surface area (TPSA) is 69.0 Å². The summed E-state index contributed by atoms with van der Waals surface area (Å²) in [6.45, 7) is 2.04. The monoisotopic (exact) mass is 427 g/mol. The number of anilines is 1. The van der Waals surface area contributed by atoms with Crippen molar-refractivity contribution in [3.05, 3.63) is 100 Å². The molecule has 32 heavy (non-hydrogen) atoms. The highest BCUT2D eigenvalue weighted by Gasteiger charge is 2.33. The first-order valence-corrected chi connectivity index (χ1v) is 10.4. The molecule has 3 aromatic carbocycles. The van der Waals surface area contributed by atoms with Gasteiger partial charge in [0.15, 0.2) is 6.61 Å². The van der Waals surface area contributed by atoms with E-state index < -0.39 is 5.63 Å². The number of aryl methyl sites for hydroxylation is 1. The van der Waals surface area contributed by atoms with Gasteiger partial charge in [-0.3, -0.25) is 9.69 Å². The molecular formula is C26H21NO5. The van der Waals surface area contributed by atoms with Crippen molar-refractivity contribution >= 4 is 22.6 Å². The molecule has 0 saturated carbocycles. The van der Waals surface area contributed by atoms with E-state index in [2.05, 4.69) is 0 Å². The fourth-order valence-electron chi connectivity index (χ4n) is 4.03. The summed E-state index contributed by atoms with van der Waals surface area (Å²) in [5.41, 5.74) is 2.53. The molecule has 1 unspecified atom stereocenters. The number of nitrogens with zero attached hydrogens (tertiary/aromatic N) is 1. The Balaban J connectivity index is 1.43. The standard InChI is InChI=1S/C26H21NO5/c1-17-13-26(29)32-24-14-19(11-12-20(17)24)30-16-25(28)27-21-9-5-6-10-23(21)31-15-22(27)18-7-3-2-4-8-18/h2-14,22H,15-16H2,1H3. The molecule has 6 heteroatoms. The largest absolute Gasteiger partial charge is 0.489 e. The number of hydrogen-bond donors (Lipinski definition) is 0. The van der Waals surface area contributed by atoms with E-state index in [0.717, 1.165) is 16.5 Å². The Bertz CT molecular complexity index is 1350. The Morgan fingerprint density at radius 3 is 2.66 bits per heavy atom. The van der Waals surface area contributed by atoms with E-state index in [0.29, 0.717) is 29.4 Å². The first kappa shape index (κ1) is 19.9. The lowest BCUT2D eigenvalue weighted by atomic mass is 10.0. The Labute approximate surface area is 184 Å². The van der Waals surface area contributed by atoms with Gasteiger partial charge in [-0.05, 0) is 42.3 Å². The zero-order valence-electron chi connectivity index (χ0n) is 17.5. The molecule has 0 fully saturated rings. The molecule has 5 rings (SSSR count). The normalized spacial score (nSPS) is 15.2. The van der Waals surface area contributed by atoms with Crippen LogP contribution in [0, 0.1) is 6.92 Å². The van der Waals surface area contributed by atoms with Crippen LogP contribution in [0.1, 0.15) is 17.2 Å². The smallest absolute Gasteiger partial charge is 0.336 e. The number of para-hydroxylation sites is 2. The molecule has 2 heterocycles. The number of carbonyl (C=O) groups excluding carboxylic acids is 1. The maximum absolute atomic E-state index is 13.4. The van der Waals surface area contributed by atoms with Crippen LogP contribution in [0.5, 0.6) is 11.5 Å². The Hall–Kier alpha value is -4.06. The quantitative estimate of drug-likeness (QED) is 0.444. The van der Waals surface area contributed by atoms with Crippen molar-refractivity contribution in [1.82, 2.24) is 0 Å². The van der Waals surface area contributed by atoms with Gasteiger partial charge in [0, 0.05) is 17.5 Å². The van der Waals surface area contributed by atoms with Crippen LogP contribution in [0.25, 0.3) is 11.0 Å². The molecule has 4 aromatic rings. The molecule has 0 radical (unpaired) electrons. The molecule has 0 bridgehead atoms. The summed E-state index contributed by atoms with van der Waals surface area (Å²) >= 11 is 0. The fourth-order valence-corrected chi connectivity index (χ4v) is 4.03. The summed E-state index contributed by atoms with van der Waals surface area (Å²) < 4.78 is 17.0. The van der Waals surface area contributed by atoms with E-state index in [1.54, 1.807) is 17.0 Å². The molecule has 1 aromatic heterocycles. The minimum atomic E-state index is -0.418. The van der Waals surface area contributed by atoms with Crippen molar-refractivity contribution in [2.45, 2.75) is 13.0 Å². The summed E-state index contributed by atoms with van der Waals surface area (Å²) in [5, 5.41) is 0.828. The molecule has 1 amide bonds. The number of ether oxygens (including phenoxy) is 2. The lowest BCUT2D eigenvalue weighted by molar-refractivity contribution is -0.121. The lowest BCUT2D eigenvalue weighted by Crippen LogP contribution is -2.43. The second kappa shape index (κ2) is 8.23. The van der Waals surface area contributed by atoms with Gasteiger partial charge < -0.3 is 13.9 Å². The molecule has 0 saturated heterocycles. The van der Waals surface area contributed by atoms with Gasteiger partial charge in [0.1, 0.15) is 23.7 Å². The van der Waals surface area contributed by atoms with Crippen LogP contribution in [-0.4, -0.2) is 19.1 Å². The third-order valence-corrected chi connectivity index (χ3v) is 5.57. The first-order chi connectivity index (χ1) is 15.6. The molecular weight excluding hydrogens is 406 g/mol. The van der Waals surface area contributed by atoms with Gasteiger partial charge in [-0.15, -0.1) is 0 Å². The maximum Gasteiger partial charge on any atom is 0.336 e. The Kier molecular flexibility index (Phi) is 5.11. The molecule has 1 aliphatic rings. The summed E-state index contributed by atoms with van der Waals surface area (Å²) in [4.78, 5) is 26.8. The molecule has 0 aliphatic carbocycles. The van der Waals surface area contributed by atoms with Gasteiger partial charge in [-0.2, -0.15) is 0 Å². The first-order valence-electron chi connectivity index (χ1n) is 10.4. The second-order valence-corrected chi connectivity index (χ2v) is 7.66. The van der Waals surface area contributed by atoms with Crippen LogP contribution >= 0.6 is 0 Å². The minimum absolute atomic E-state index is 0.167. The maximum atomic E-state index is 13.4. The zero-order valence-corrected chi connectivity index (χ0v) is 17.5. The number of carbonyl (C=O) groups is 1. The highest BCUT2D eigenvalue weighted by molar-refractivity contribution is 5.97. The van der Waals surface area contributed by atoms with Crippen LogP contribution in [0.2, 0.25) is 0 Å². The lowest BCUT2D eigenvalue weighted by Gasteiger charge is -2.37. The Morgan fingerprint density at radius 2 is 1.81 bits per heavy atom. The number of fused-ring (bicyclic) bond motifs is 2. The second-order valence-electron chi connectivity index (χ2n) is 7.66. The summed E-state index contributed by atoms with van der Waals surface area (Å²) in [6, 6.07) is 23.7. The molecule has 1 aliphatic heterocycles. The predicted octanol–water partition coefficient (Wildman–Crippen LogP) is 4.65. The number of amides is 1. The Morgan fingerprint density at radius 1 is 1.03 bits per heavy atom. The number of rotatable bonds is 4. The minimum Gasteiger partial charge on any atom is -0.489 e. The summed E-state index contributed by atoms with van der Waals surface area (Å²) in [7, 11) is 0. The highest BCUT2D eigenvalue weighted by atomic mass is 16.5. The SMILES string of the molecule is Cc1cc(=O)oc2cc(OCC(=O)N3c4ccccc4OCC3c3ccccc3)ccc12. The van der Waals surface area contributed by atoms with Crippen molar-refractivity contribution in [3.63, 3.8) is 0 Å². The molecule has 1 atom stereocenters. The van der Waals surface area contributed by atoms with Crippen molar-refractivity contribution in [3.8, 4) is 11.5 Å². The highest BCUT2D eigenvalue weighted by Crippen LogP contribution is 2.39. The summed E-state index contributed by atoms with van der Waals surface area (Å²) in [5.74, 6) is 0.925. The van der Waals surface area contributed by atoms with E-state index in [4.69, 9.17) is 13.9 Å². The molecule has 6 nitrogen and oxygen atoms in total. The van der Waals surface area contributed by atoms with Gasteiger partial charge in [-0.25, -0.2) is 4.79 Å². The van der Waals surface area contributed by atoms with E-state index in [1.165, 1.54) is 6.07 Å². The average molecular weight is 427 g/mol. The van der Waals surface area contributed by atoms with Crippen LogP contribution in [0.3, 0.4) is 0 Å². The van der Waals surface area contributed by atoms with Gasteiger partial charge in [0.05, 0.1) is 11.7 Å².